The van der Waals surface area contributed by atoms with Crippen LogP contribution >= 0.6 is 11.6 Å². The van der Waals surface area contributed by atoms with Gasteiger partial charge in [-0.05, 0) is 29.7 Å². The van der Waals surface area contributed by atoms with Crippen LogP contribution in [0, 0.1) is 0 Å². The minimum absolute atomic E-state index is 0.282. The highest BCUT2D eigenvalue weighted by atomic mass is 35.5. The average molecular weight is 397 g/mol. The van der Waals surface area contributed by atoms with Gasteiger partial charge in [0.1, 0.15) is 23.6 Å². The summed E-state index contributed by atoms with van der Waals surface area (Å²) in [6, 6.07) is 16.9. The smallest absolute Gasteiger partial charge is 0.270 e. The number of aromatic nitrogens is 2. The summed E-state index contributed by atoms with van der Waals surface area (Å²) in [4.78, 5) is 20.6. The molecule has 0 bridgehead atoms. The van der Waals surface area contributed by atoms with E-state index in [-0.39, 0.29) is 5.91 Å². The zero-order valence-electron chi connectivity index (χ0n) is 15.5. The molecule has 2 aromatic carbocycles. The second kappa shape index (κ2) is 9.71. The standard InChI is InChI=1S/C21H21ClN4O2/c1-28-19-9-5-3-6-15(19)10-11-23-20-12-18(25-14-26-20)21(27)24-13-16-7-2-4-8-17(16)22/h2-9,12,14H,10-11,13H2,1H3,(H,24,27)(H,23,25,26). The first-order chi connectivity index (χ1) is 13.7. The number of hydrogen-bond acceptors (Lipinski definition) is 5. The molecule has 3 aromatic rings. The van der Waals surface area contributed by atoms with Gasteiger partial charge in [0.15, 0.2) is 0 Å². The van der Waals surface area contributed by atoms with Gasteiger partial charge in [0.25, 0.3) is 5.91 Å². The van der Waals surface area contributed by atoms with E-state index in [1.54, 1.807) is 19.2 Å². The third-order valence-corrected chi connectivity index (χ3v) is 4.56. The zero-order chi connectivity index (χ0) is 19.8. The van der Waals surface area contributed by atoms with Crippen molar-refractivity contribution in [1.82, 2.24) is 15.3 Å². The van der Waals surface area contributed by atoms with Crippen molar-refractivity contribution >= 4 is 23.3 Å². The molecule has 6 nitrogen and oxygen atoms in total. The maximum Gasteiger partial charge on any atom is 0.270 e. The second-order valence-electron chi connectivity index (χ2n) is 6.05. The summed E-state index contributed by atoms with van der Waals surface area (Å²) in [5, 5.41) is 6.65. The number of nitrogens with zero attached hydrogens (tertiary/aromatic N) is 2. The number of hydrogen-bond donors (Lipinski definition) is 2. The SMILES string of the molecule is COc1ccccc1CCNc1cc(C(=O)NCc2ccccc2Cl)ncn1. The van der Waals surface area contributed by atoms with Crippen LogP contribution < -0.4 is 15.4 Å². The van der Waals surface area contributed by atoms with Crippen molar-refractivity contribution < 1.29 is 9.53 Å². The predicted octanol–water partition coefficient (Wildman–Crippen LogP) is 3.72. The minimum Gasteiger partial charge on any atom is -0.496 e. The van der Waals surface area contributed by atoms with Crippen LogP contribution in [-0.4, -0.2) is 29.5 Å². The molecule has 28 heavy (non-hydrogen) atoms. The lowest BCUT2D eigenvalue weighted by Gasteiger charge is -2.10. The van der Waals surface area contributed by atoms with Crippen molar-refractivity contribution in [2.75, 3.05) is 19.0 Å². The van der Waals surface area contributed by atoms with Crippen LogP contribution in [0.25, 0.3) is 0 Å². The molecule has 1 aromatic heterocycles. The van der Waals surface area contributed by atoms with Crippen molar-refractivity contribution in [3.63, 3.8) is 0 Å². The molecule has 0 radical (unpaired) electrons. The van der Waals surface area contributed by atoms with Crippen molar-refractivity contribution in [2.45, 2.75) is 13.0 Å². The van der Waals surface area contributed by atoms with E-state index in [1.165, 1.54) is 6.33 Å². The normalized spacial score (nSPS) is 10.4. The number of carbonyl (C=O) groups excluding carboxylic acids is 1. The summed E-state index contributed by atoms with van der Waals surface area (Å²) in [6.45, 7) is 0.983. The second-order valence-corrected chi connectivity index (χ2v) is 6.46. The lowest BCUT2D eigenvalue weighted by Crippen LogP contribution is -2.24. The molecule has 1 amide bonds. The minimum atomic E-state index is -0.282. The van der Waals surface area contributed by atoms with E-state index in [1.807, 2.05) is 42.5 Å². The molecule has 2 N–H and O–H groups in total. The maximum absolute atomic E-state index is 12.4. The number of nitrogens with one attached hydrogen (secondary N) is 2. The molecular weight excluding hydrogens is 376 g/mol. The first kappa shape index (κ1) is 19.6. The first-order valence-electron chi connectivity index (χ1n) is 8.87. The van der Waals surface area contributed by atoms with Gasteiger partial charge in [-0.1, -0.05) is 48.0 Å². The molecule has 0 aliphatic carbocycles. The Morgan fingerprint density at radius 1 is 1.07 bits per heavy atom. The summed E-state index contributed by atoms with van der Waals surface area (Å²) in [5.41, 5.74) is 2.24. The van der Waals surface area contributed by atoms with Crippen LogP contribution in [0.4, 0.5) is 5.82 Å². The largest absolute Gasteiger partial charge is 0.496 e. The molecular formula is C21H21ClN4O2. The lowest BCUT2D eigenvalue weighted by atomic mass is 10.1. The molecule has 0 spiro atoms. The Morgan fingerprint density at radius 3 is 2.61 bits per heavy atom. The van der Waals surface area contributed by atoms with E-state index >= 15 is 0 Å². The fraction of sp³-hybridized carbons (Fsp3) is 0.190. The summed E-state index contributed by atoms with van der Waals surface area (Å²) in [6.07, 6.45) is 2.14. The highest BCUT2D eigenvalue weighted by molar-refractivity contribution is 6.31. The van der Waals surface area contributed by atoms with E-state index in [0.29, 0.717) is 29.6 Å². The van der Waals surface area contributed by atoms with Crippen LogP contribution in [0.5, 0.6) is 5.75 Å². The fourth-order valence-corrected chi connectivity index (χ4v) is 2.92. The number of amides is 1. The molecule has 3 rings (SSSR count). The average Bonchev–Trinajstić information content (AvgIpc) is 2.73. The van der Waals surface area contributed by atoms with E-state index in [0.717, 1.165) is 23.3 Å². The number of ether oxygens (including phenoxy) is 1. The van der Waals surface area contributed by atoms with Gasteiger partial charge in [0.2, 0.25) is 0 Å². The van der Waals surface area contributed by atoms with Gasteiger partial charge in [0.05, 0.1) is 7.11 Å². The maximum atomic E-state index is 12.4. The van der Waals surface area contributed by atoms with Crippen LogP contribution in [0.1, 0.15) is 21.6 Å². The van der Waals surface area contributed by atoms with Crippen molar-refractivity contribution in [2.24, 2.45) is 0 Å². The molecule has 0 aliphatic heterocycles. The van der Waals surface area contributed by atoms with Crippen LogP contribution in [0.3, 0.4) is 0 Å². The Hall–Kier alpha value is -3.12. The molecule has 144 valence electrons. The number of benzene rings is 2. The van der Waals surface area contributed by atoms with E-state index in [9.17, 15) is 4.79 Å². The van der Waals surface area contributed by atoms with Gasteiger partial charge >= 0.3 is 0 Å². The van der Waals surface area contributed by atoms with Gasteiger partial charge in [-0.25, -0.2) is 9.97 Å². The molecule has 0 unspecified atom stereocenters. The highest BCUT2D eigenvalue weighted by Crippen LogP contribution is 2.18. The molecule has 0 saturated heterocycles. The van der Waals surface area contributed by atoms with Gasteiger partial charge in [-0.15, -0.1) is 0 Å². The van der Waals surface area contributed by atoms with E-state index < -0.39 is 0 Å². The highest BCUT2D eigenvalue weighted by Gasteiger charge is 2.10. The molecule has 0 atom stereocenters. The Balaban J connectivity index is 1.56. The first-order valence-corrected chi connectivity index (χ1v) is 9.24. The van der Waals surface area contributed by atoms with Crippen LogP contribution in [0.15, 0.2) is 60.9 Å². The summed E-state index contributed by atoms with van der Waals surface area (Å²) < 4.78 is 5.35. The van der Waals surface area contributed by atoms with E-state index in [4.69, 9.17) is 16.3 Å². The van der Waals surface area contributed by atoms with Crippen molar-refractivity contribution in [3.8, 4) is 5.75 Å². The predicted molar refractivity (Wildman–Crippen MR) is 110 cm³/mol. The Labute approximate surface area is 168 Å². The third-order valence-electron chi connectivity index (χ3n) is 4.19. The topological polar surface area (TPSA) is 76.1 Å². The zero-order valence-corrected chi connectivity index (χ0v) is 16.2. The number of para-hydroxylation sites is 1. The Kier molecular flexibility index (Phi) is 6.81. The number of anilines is 1. The number of rotatable bonds is 8. The summed E-state index contributed by atoms with van der Waals surface area (Å²) in [5.74, 6) is 1.16. The van der Waals surface area contributed by atoms with Crippen molar-refractivity contribution in [1.29, 1.82) is 0 Å². The number of halogens is 1. The molecule has 0 aliphatic rings. The third kappa shape index (κ3) is 5.20. The monoisotopic (exact) mass is 396 g/mol. The van der Waals surface area contributed by atoms with E-state index in [2.05, 4.69) is 20.6 Å². The van der Waals surface area contributed by atoms with Gasteiger partial charge in [-0.3, -0.25) is 4.79 Å². The molecule has 0 saturated carbocycles. The molecule has 1 heterocycles. The van der Waals surface area contributed by atoms with Gasteiger partial charge in [-0.2, -0.15) is 0 Å². The summed E-state index contributed by atoms with van der Waals surface area (Å²) >= 11 is 6.11. The van der Waals surface area contributed by atoms with Gasteiger partial charge < -0.3 is 15.4 Å². The fourth-order valence-electron chi connectivity index (χ4n) is 2.72. The lowest BCUT2D eigenvalue weighted by molar-refractivity contribution is 0.0946. The van der Waals surface area contributed by atoms with Crippen LogP contribution in [0.2, 0.25) is 5.02 Å². The summed E-state index contributed by atoms with van der Waals surface area (Å²) in [7, 11) is 1.66. The Bertz CT molecular complexity index is 949. The Morgan fingerprint density at radius 2 is 1.82 bits per heavy atom. The number of methoxy groups -OCH3 is 1. The molecule has 0 fully saturated rings. The molecule has 7 heteroatoms. The number of carbonyl (C=O) groups is 1. The van der Waals surface area contributed by atoms with Crippen LogP contribution in [-0.2, 0) is 13.0 Å². The van der Waals surface area contributed by atoms with Crippen molar-refractivity contribution in [3.05, 3.63) is 82.8 Å². The quantitative estimate of drug-likeness (QED) is 0.606. The van der Waals surface area contributed by atoms with Gasteiger partial charge in [0, 0.05) is 24.2 Å².